The van der Waals surface area contributed by atoms with Crippen molar-refractivity contribution in [2.24, 2.45) is 11.7 Å². The van der Waals surface area contributed by atoms with Gasteiger partial charge in [0.15, 0.2) is 0 Å². The number of primary amides is 1. The highest BCUT2D eigenvalue weighted by Gasteiger charge is 2.29. The van der Waals surface area contributed by atoms with E-state index in [2.05, 4.69) is 0 Å². The van der Waals surface area contributed by atoms with E-state index in [-0.39, 0.29) is 12.1 Å². The Hall–Kier alpha value is -3.64. The number of aryl methyl sites for hydroxylation is 1. The molecule has 3 aromatic carbocycles. The number of benzene rings is 3. The zero-order valence-corrected chi connectivity index (χ0v) is 16.0. The van der Waals surface area contributed by atoms with Gasteiger partial charge in [-0.05, 0) is 55.3 Å². The number of hydroxylamine groups is 1. The predicted octanol–water partition coefficient (Wildman–Crippen LogP) is 3.85. The van der Waals surface area contributed by atoms with Crippen molar-refractivity contribution in [2.45, 2.75) is 13.3 Å². The molecule has 6 heteroatoms. The van der Waals surface area contributed by atoms with E-state index >= 15 is 0 Å². The lowest BCUT2D eigenvalue weighted by molar-refractivity contribution is -0.135. The van der Waals surface area contributed by atoms with Crippen molar-refractivity contribution in [3.05, 3.63) is 90.0 Å². The molecule has 3 N–H and O–H groups in total. The first kappa shape index (κ1) is 20.1. The fourth-order valence-electron chi connectivity index (χ4n) is 2.83. The second-order valence-corrected chi connectivity index (χ2v) is 6.70. The quantitative estimate of drug-likeness (QED) is 0.364. The summed E-state index contributed by atoms with van der Waals surface area (Å²) in [5.41, 5.74) is 7.52. The minimum atomic E-state index is -1.18. The molecule has 6 nitrogen and oxygen atoms in total. The van der Waals surface area contributed by atoms with Crippen molar-refractivity contribution in [1.29, 1.82) is 0 Å². The predicted molar refractivity (Wildman–Crippen MR) is 110 cm³/mol. The molecular formula is C23H22N2O4. The summed E-state index contributed by atoms with van der Waals surface area (Å²) in [7, 11) is 0. The molecule has 0 saturated heterocycles. The van der Waals surface area contributed by atoms with Crippen LogP contribution >= 0.6 is 0 Å². The van der Waals surface area contributed by atoms with Crippen LogP contribution in [-0.2, 0) is 16.0 Å². The van der Waals surface area contributed by atoms with Gasteiger partial charge in [0.25, 0.3) is 5.91 Å². The lowest BCUT2D eigenvalue weighted by Gasteiger charge is -2.20. The van der Waals surface area contributed by atoms with Crippen LogP contribution in [-0.4, -0.2) is 17.0 Å². The van der Waals surface area contributed by atoms with Crippen molar-refractivity contribution in [2.75, 3.05) is 5.06 Å². The molecule has 3 aromatic rings. The third kappa shape index (κ3) is 5.21. The Morgan fingerprint density at radius 1 is 0.931 bits per heavy atom. The molecule has 0 aromatic heterocycles. The first-order valence-electron chi connectivity index (χ1n) is 9.14. The lowest BCUT2D eigenvalue weighted by atomic mass is 9.97. The van der Waals surface area contributed by atoms with E-state index in [1.165, 1.54) is 12.1 Å². The second-order valence-electron chi connectivity index (χ2n) is 6.70. The van der Waals surface area contributed by atoms with E-state index < -0.39 is 17.7 Å². The first-order chi connectivity index (χ1) is 13.9. The van der Waals surface area contributed by atoms with Crippen LogP contribution in [0.25, 0.3) is 0 Å². The van der Waals surface area contributed by atoms with Gasteiger partial charge in [0.1, 0.15) is 17.4 Å². The average Bonchev–Trinajstić information content (AvgIpc) is 2.74. The SMILES string of the molecule is Cc1ccc(Oc2ccc(N(O)C(=O)C(Cc3ccccc3)C(N)=O)cc2)cc1. The van der Waals surface area contributed by atoms with Gasteiger partial charge in [0, 0.05) is 0 Å². The minimum Gasteiger partial charge on any atom is -0.457 e. The molecule has 3 rings (SSSR count). The number of anilines is 1. The Morgan fingerprint density at radius 3 is 2.03 bits per heavy atom. The van der Waals surface area contributed by atoms with Gasteiger partial charge in [-0.15, -0.1) is 0 Å². The van der Waals surface area contributed by atoms with E-state index in [0.29, 0.717) is 16.6 Å². The smallest absolute Gasteiger partial charge is 0.263 e. The number of rotatable bonds is 7. The normalized spacial score (nSPS) is 11.5. The number of carbonyl (C=O) groups excluding carboxylic acids is 2. The number of amides is 2. The largest absolute Gasteiger partial charge is 0.457 e. The summed E-state index contributed by atoms with van der Waals surface area (Å²) in [6.07, 6.45) is 0.112. The van der Waals surface area contributed by atoms with E-state index in [9.17, 15) is 14.8 Å². The Balaban J connectivity index is 1.70. The van der Waals surface area contributed by atoms with Crippen molar-refractivity contribution < 1.29 is 19.5 Å². The standard InChI is InChI=1S/C23H22N2O4/c1-16-7-11-19(12-8-16)29-20-13-9-18(10-14-20)25(28)23(27)21(22(24)26)15-17-5-3-2-4-6-17/h2-14,21,28H,15H2,1H3,(H2,24,26). The van der Waals surface area contributed by atoms with Crippen LogP contribution < -0.4 is 15.5 Å². The molecule has 0 saturated carbocycles. The fraction of sp³-hybridized carbons (Fsp3) is 0.130. The molecule has 0 aliphatic carbocycles. The number of hydrogen-bond donors (Lipinski definition) is 2. The molecule has 29 heavy (non-hydrogen) atoms. The summed E-state index contributed by atoms with van der Waals surface area (Å²) in [6, 6.07) is 22.9. The van der Waals surface area contributed by atoms with E-state index in [1.807, 2.05) is 37.3 Å². The molecule has 1 unspecified atom stereocenters. The topological polar surface area (TPSA) is 92.9 Å². The van der Waals surface area contributed by atoms with Crippen molar-refractivity contribution in [3.63, 3.8) is 0 Å². The third-order valence-corrected chi connectivity index (χ3v) is 4.47. The van der Waals surface area contributed by atoms with Crippen LogP contribution in [0, 0.1) is 12.8 Å². The molecule has 1 atom stereocenters. The summed E-state index contributed by atoms with van der Waals surface area (Å²) in [5.74, 6) is -1.53. The maximum atomic E-state index is 12.6. The highest BCUT2D eigenvalue weighted by molar-refractivity contribution is 6.06. The van der Waals surface area contributed by atoms with Gasteiger partial charge in [0.05, 0.1) is 5.69 Å². The average molecular weight is 390 g/mol. The first-order valence-corrected chi connectivity index (χ1v) is 9.14. The van der Waals surface area contributed by atoms with Gasteiger partial charge < -0.3 is 10.5 Å². The maximum absolute atomic E-state index is 12.6. The van der Waals surface area contributed by atoms with Gasteiger partial charge in [-0.2, -0.15) is 5.06 Å². The van der Waals surface area contributed by atoms with Crippen molar-refractivity contribution in [1.82, 2.24) is 0 Å². The monoisotopic (exact) mass is 390 g/mol. The van der Waals surface area contributed by atoms with Gasteiger partial charge in [-0.1, -0.05) is 48.0 Å². The second kappa shape index (κ2) is 9.03. The van der Waals surface area contributed by atoms with Crippen molar-refractivity contribution >= 4 is 17.5 Å². The summed E-state index contributed by atoms with van der Waals surface area (Å²) in [6.45, 7) is 1.99. The molecule has 0 spiro atoms. The van der Waals surface area contributed by atoms with E-state index in [4.69, 9.17) is 10.5 Å². The Bertz CT molecular complexity index is 970. The molecule has 0 bridgehead atoms. The highest BCUT2D eigenvalue weighted by atomic mass is 16.5. The van der Waals surface area contributed by atoms with Gasteiger partial charge in [0.2, 0.25) is 5.91 Å². The molecule has 0 aliphatic rings. The molecule has 0 aliphatic heterocycles. The maximum Gasteiger partial charge on any atom is 0.263 e. The molecule has 0 heterocycles. The summed E-state index contributed by atoms with van der Waals surface area (Å²) in [4.78, 5) is 24.4. The number of ether oxygens (including phenoxy) is 1. The Morgan fingerprint density at radius 2 is 1.48 bits per heavy atom. The molecule has 148 valence electrons. The number of hydrogen-bond acceptors (Lipinski definition) is 4. The molecule has 0 fully saturated rings. The minimum absolute atomic E-state index is 0.112. The Labute approximate surface area is 169 Å². The van der Waals surface area contributed by atoms with Gasteiger partial charge in [-0.3, -0.25) is 14.8 Å². The zero-order valence-electron chi connectivity index (χ0n) is 16.0. The van der Waals surface area contributed by atoms with Crippen LogP contribution in [0.4, 0.5) is 5.69 Å². The molecule has 0 radical (unpaired) electrons. The van der Waals surface area contributed by atoms with Crippen LogP contribution in [0.1, 0.15) is 11.1 Å². The summed E-state index contributed by atoms with van der Waals surface area (Å²) < 4.78 is 5.73. The fourth-order valence-corrected chi connectivity index (χ4v) is 2.83. The van der Waals surface area contributed by atoms with Crippen molar-refractivity contribution in [3.8, 4) is 11.5 Å². The van der Waals surface area contributed by atoms with Crippen LogP contribution in [0.15, 0.2) is 78.9 Å². The Kier molecular flexibility index (Phi) is 6.26. The van der Waals surface area contributed by atoms with Crippen LogP contribution in [0.2, 0.25) is 0 Å². The lowest BCUT2D eigenvalue weighted by Crippen LogP contribution is -2.41. The highest BCUT2D eigenvalue weighted by Crippen LogP contribution is 2.25. The van der Waals surface area contributed by atoms with E-state index in [1.54, 1.807) is 36.4 Å². The molecular weight excluding hydrogens is 368 g/mol. The van der Waals surface area contributed by atoms with E-state index in [0.717, 1.165) is 11.1 Å². The zero-order chi connectivity index (χ0) is 20.8. The molecule has 2 amide bonds. The number of nitrogens with two attached hydrogens (primary N) is 1. The number of carbonyl (C=O) groups is 2. The number of nitrogens with zero attached hydrogens (tertiary/aromatic N) is 1. The summed E-state index contributed by atoms with van der Waals surface area (Å²) >= 11 is 0. The third-order valence-electron chi connectivity index (χ3n) is 4.47. The van der Waals surface area contributed by atoms with Crippen LogP contribution in [0.3, 0.4) is 0 Å². The summed E-state index contributed by atoms with van der Waals surface area (Å²) in [5, 5.41) is 10.8. The van der Waals surface area contributed by atoms with Crippen LogP contribution in [0.5, 0.6) is 11.5 Å². The van der Waals surface area contributed by atoms with Gasteiger partial charge in [-0.25, -0.2) is 0 Å². The van der Waals surface area contributed by atoms with Gasteiger partial charge >= 0.3 is 0 Å².